The van der Waals surface area contributed by atoms with E-state index in [9.17, 15) is 0 Å². The highest BCUT2D eigenvalue weighted by molar-refractivity contribution is 5.19. The van der Waals surface area contributed by atoms with E-state index in [0.717, 1.165) is 6.42 Å². The summed E-state index contributed by atoms with van der Waals surface area (Å²) >= 11 is 0. The van der Waals surface area contributed by atoms with E-state index in [4.69, 9.17) is 10.00 Å². The van der Waals surface area contributed by atoms with Gasteiger partial charge in [0.2, 0.25) is 0 Å². The molecular weight excluding hydrogens is 190 g/mol. The van der Waals surface area contributed by atoms with Crippen molar-refractivity contribution in [2.75, 3.05) is 0 Å². The highest BCUT2D eigenvalue weighted by atomic mass is 16.5. The number of nitrogens with zero attached hydrogens (tertiary/aromatic N) is 3. The van der Waals surface area contributed by atoms with Crippen LogP contribution >= 0.6 is 0 Å². The Balaban J connectivity index is 2.60. The van der Waals surface area contributed by atoms with Crippen molar-refractivity contribution in [1.82, 2.24) is 9.97 Å². The maximum atomic E-state index is 8.65. The van der Waals surface area contributed by atoms with Gasteiger partial charge in [0.1, 0.15) is 11.8 Å². The minimum atomic E-state index is 0.0685. The lowest BCUT2D eigenvalue weighted by Gasteiger charge is -2.14. The molecular formula is C11H15N3O. The lowest BCUT2D eigenvalue weighted by atomic mass is 10.1. The molecule has 0 bridgehead atoms. The molecule has 15 heavy (non-hydrogen) atoms. The zero-order chi connectivity index (χ0) is 11.3. The first-order valence-electron chi connectivity index (χ1n) is 5.01. The third-order valence-corrected chi connectivity index (χ3v) is 1.86. The summed E-state index contributed by atoms with van der Waals surface area (Å²) in [5.41, 5.74) is 0.330. The fourth-order valence-electron chi connectivity index (χ4n) is 1.35. The Kier molecular flexibility index (Phi) is 4.04. The molecule has 80 valence electrons. The van der Waals surface area contributed by atoms with Crippen molar-refractivity contribution in [3.8, 4) is 12.1 Å². The Hall–Kier alpha value is -1.63. The Morgan fingerprint density at radius 2 is 2.20 bits per heavy atom. The van der Waals surface area contributed by atoms with Gasteiger partial charge < -0.3 is 4.74 Å². The third kappa shape index (κ3) is 3.94. The minimum absolute atomic E-state index is 0.0685. The molecule has 0 radical (unpaired) electrons. The smallest absolute Gasteiger partial charge is 0.317 e. The van der Waals surface area contributed by atoms with Gasteiger partial charge in [-0.25, -0.2) is 4.98 Å². The fraction of sp³-hybridized carbons (Fsp3) is 0.545. The summed E-state index contributed by atoms with van der Waals surface area (Å²) in [4.78, 5) is 7.89. The molecule has 1 heterocycles. The van der Waals surface area contributed by atoms with Gasteiger partial charge in [0.05, 0.1) is 6.10 Å². The maximum Gasteiger partial charge on any atom is 0.317 e. The molecule has 0 aliphatic carbocycles. The van der Waals surface area contributed by atoms with Gasteiger partial charge in [-0.3, -0.25) is 0 Å². The first kappa shape index (κ1) is 11.4. The zero-order valence-corrected chi connectivity index (χ0v) is 9.27. The van der Waals surface area contributed by atoms with Crippen LogP contribution in [0.2, 0.25) is 0 Å². The maximum absolute atomic E-state index is 8.65. The van der Waals surface area contributed by atoms with Gasteiger partial charge in [-0.15, -0.1) is 0 Å². The average Bonchev–Trinajstić information content (AvgIpc) is 2.16. The van der Waals surface area contributed by atoms with Crippen LogP contribution in [0.25, 0.3) is 0 Å². The van der Waals surface area contributed by atoms with Crippen molar-refractivity contribution in [3.05, 3.63) is 18.0 Å². The van der Waals surface area contributed by atoms with Crippen LogP contribution in [0.1, 0.15) is 32.9 Å². The van der Waals surface area contributed by atoms with Gasteiger partial charge in [0.25, 0.3) is 0 Å². The molecule has 0 saturated heterocycles. The van der Waals surface area contributed by atoms with Crippen LogP contribution in [0.5, 0.6) is 6.01 Å². The van der Waals surface area contributed by atoms with Crippen LogP contribution < -0.4 is 4.74 Å². The molecule has 0 spiro atoms. The molecule has 4 nitrogen and oxygen atoms in total. The Bertz CT molecular complexity index is 357. The molecule has 0 aliphatic rings. The second kappa shape index (κ2) is 5.30. The van der Waals surface area contributed by atoms with Gasteiger partial charge in [0.15, 0.2) is 0 Å². The molecule has 1 aromatic heterocycles. The number of hydrogen-bond acceptors (Lipinski definition) is 4. The number of ether oxygens (including phenoxy) is 1. The summed E-state index contributed by atoms with van der Waals surface area (Å²) in [5.74, 6) is 0.569. The Morgan fingerprint density at radius 1 is 1.47 bits per heavy atom. The van der Waals surface area contributed by atoms with Crippen LogP contribution in [0.4, 0.5) is 0 Å². The highest BCUT2D eigenvalue weighted by Crippen LogP contribution is 2.11. The van der Waals surface area contributed by atoms with Crippen LogP contribution in [-0.4, -0.2) is 16.1 Å². The summed E-state index contributed by atoms with van der Waals surface area (Å²) in [6.07, 6.45) is 2.54. The van der Waals surface area contributed by atoms with Gasteiger partial charge in [-0.2, -0.15) is 10.2 Å². The Labute approximate surface area is 89.9 Å². The number of nitriles is 1. The summed E-state index contributed by atoms with van der Waals surface area (Å²) in [5, 5.41) is 8.65. The average molecular weight is 205 g/mol. The van der Waals surface area contributed by atoms with Gasteiger partial charge in [-0.05, 0) is 25.3 Å². The van der Waals surface area contributed by atoms with E-state index in [1.165, 1.54) is 6.20 Å². The monoisotopic (exact) mass is 205 g/mol. The molecule has 1 aromatic rings. The van der Waals surface area contributed by atoms with Crippen molar-refractivity contribution in [2.24, 2.45) is 5.92 Å². The van der Waals surface area contributed by atoms with Crippen LogP contribution in [-0.2, 0) is 0 Å². The normalized spacial score (nSPS) is 12.2. The molecule has 0 saturated carbocycles. The number of aromatic nitrogens is 2. The summed E-state index contributed by atoms with van der Waals surface area (Å²) in [7, 11) is 0. The quantitative estimate of drug-likeness (QED) is 0.755. The summed E-state index contributed by atoms with van der Waals surface area (Å²) in [6.45, 7) is 6.24. The fourth-order valence-corrected chi connectivity index (χ4v) is 1.35. The minimum Gasteiger partial charge on any atom is -0.460 e. The van der Waals surface area contributed by atoms with Crippen molar-refractivity contribution in [1.29, 1.82) is 5.26 Å². The van der Waals surface area contributed by atoms with E-state index < -0.39 is 0 Å². The van der Waals surface area contributed by atoms with Gasteiger partial charge in [-0.1, -0.05) is 13.8 Å². The second-order valence-electron chi connectivity index (χ2n) is 3.89. The van der Waals surface area contributed by atoms with E-state index in [2.05, 4.69) is 23.8 Å². The molecule has 0 amide bonds. The van der Waals surface area contributed by atoms with Crippen molar-refractivity contribution in [2.45, 2.75) is 33.3 Å². The second-order valence-corrected chi connectivity index (χ2v) is 3.89. The predicted octanol–water partition coefficient (Wildman–Crippen LogP) is 2.16. The van der Waals surface area contributed by atoms with Crippen LogP contribution in [0.3, 0.4) is 0 Å². The highest BCUT2D eigenvalue weighted by Gasteiger charge is 2.08. The molecule has 4 heteroatoms. The van der Waals surface area contributed by atoms with E-state index in [0.29, 0.717) is 11.6 Å². The topological polar surface area (TPSA) is 58.8 Å². The molecule has 0 aliphatic heterocycles. The first-order chi connectivity index (χ1) is 7.11. The van der Waals surface area contributed by atoms with E-state index in [1.807, 2.05) is 13.0 Å². The number of hydrogen-bond donors (Lipinski definition) is 0. The summed E-state index contributed by atoms with van der Waals surface area (Å²) in [6, 6.07) is 3.79. The van der Waals surface area contributed by atoms with Crippen molar-refractivity contribution >= 4 is 0 Å². The molecule has 1 atom stereocenters. The standard InChI is InChI=1S/C11H15N3O/c1-8(2)6-9(3)15-11-13-5-4-10(7-12)14-11/h4-5,8-9H,6H2,1-3H3. The molecule has 1 rings (SSSR count). The number of rotatable bonds is 4. The summed E-state index contributed by atoms with van der Waals surface area (Å²) < 4.78 is 5.49. The molecule has 0 aromatic carbocycles. The first-order valence-corrected chi connectivity index (χ1v) is 5.01. The largest absolute Gasteiger partial charge is 0.460 e. The van der Waals surface area contributed by atoms with Crippen molar-refractivity contribution in [3.63, 3.8) is 0 Å². The Morgan fingerprint density at radius 3 is 2.80 bits per heavy atom. The van der Waals surface area contributed by atoms with E-state index >= 15 is 0 Å². The van der Waals surface area contributed by atoms with E-state index in [-0.39, 0.29) is 12.1 Å². The molecule has 0 fully saturated rings. The van der Waals surface area contributed by atoms with Gasteiger partial charge >= 0.3 is 6.01 Å². The predicted molar refractivity (Wildman–Crippen MR) is 56.3 cm³/mol. The lowest BCUT2D eigenvalue weighted by molar-refractivity contribution is 0.177. The van der Waals surface area contributed by atoms with Gasteiger partial charge in [0, 0.05) is 6.20 Å². The SMILES string of the molecule is CC(C)CC(C)Oc1nccc(C#N)n1. The zero-order valence-electron chi connectivity index (χ0n) is 9.27. The van der Waals surface area contributed by atoms with Crippen LogP contribution in [0.15, 0.2) is 12.3 Å². The lowest BCUT2D eigenvalue weighted by Crippen LogP contribution is -2.16. The molecule has 0 N–H and O–H groups in total. The molecule has 1 unspecified atom stereocenters. The van der Waals surface area contributed by atoms with Crippen LogP contribution in [0, 0.1) is 17.2 Å². The van der Waals surface area contributed by atoms with Crippen molar-refractivity contribution < 1.29 is 4.74 Å². The third-order valence-electron chi connectivity index (χ3n) is 1.86. The van der Waals surface area contributed by atoms with E-state index in [1.54, 1.807) is 6.07 Å².